The van der Waals surface area contributed by atoms with E-state index >= 15 is 0 Å². The van der Waals surface area contributed by atoms with Crippen molar-refractivity contribution in [2.24, 2.45) is 0 Å². The summed E-state index contributed by atoms with van der Waals surface area (Å²) in [7, 11) is 1.59. The second-order valence-corrected chi connectivity index (χ2v) is 6.95. The van der Waals surface area contributed by atoms with E-state index in [-0.39, 0.29) is 18.5 Å². The number of carbonyl (C=O) groups excluding carboxylic acids is 2. The minimum Gasteiger partial charge on any atom is -0.444 e. The highest BCUT2D eigenvalue weighted by molar-refractivity contribution is 5.82. The molecule has 0 aliphatic heterocycles. The number of hydrogen-bond donors (Lipinski definition) is 1. The highest BCUT2D eigenvalue weighted by Gasteiger charge is 2.22. The van der Waals surface area contributed by atoms with Gasteiger partial charge in [-0.05, 0) is 33.6 Å². The Kier molecular flexibility index (Phi) is 6.99. The van der Waals surface area contributed by atoms with Crippen LogP contribution in [-0.2, 0) is 9.53 Å². The van der Waals surface area contributed by atoms with E-state index in [4.69, 9.17) is 4.74 Å². The number of amides is 2. The van der Waals surface area contributed by atoms with Crippen molar-refractivity contribution in [2.45, 2.75) is 77.4 Å². The topological polar surface area (TPSA) is 58.6 Å². The molecular weight excluding hydrogens is 268 g/mol. The van der Waals surface area contributed by atoms with E-state index in [2.05, 4.69) is 5.32 Å². The number of likely N-dealkylation sites (N-methyl/N-ethyl adjacent to an activating group) is 1. The molecule has 0 heterocycles. The first-order chi connectivity index (χ1) is 9.78. The van der Waals surface area contributed by atoms with E-state index in [0.717, 1.165) is 12.8 Å². The number of carbonyl (C=O) groups is 2. The van der Waals surface area contributed by atoms with E-state index in [1.54, 1.807) is 7.05 Å². The van der Waals surface area contributed by atoms with E-state index < -0.39 is 11.7 Å². The molecule has 2 amide bonds. The van der Waals surface area contributed by atoms with E-state index in [1.807, 2.05) is 20.8 Å². The molecule has 0 bridgehead atoms. The Hall–Kier alpha value is -1.26. The van der Waals surface area contributed by atoms with Gasteiger partial charge >= 0.3 is 6.09 Å². The third-order valence-corrected chi connectivity index (χ3v) is 3.56. The molecule has 1 aliphatic rings. The third-order valence-electron chi connectivity index (χ3n) is 3.56. The molecule has 0 aromatic heterocycles. The SMILES string of the molecule is CN(CC(=O)NC1CCCCCCC1)C(=O)OC(C)(C)C. The zero-order valence-electron chi connectivity index (χ0n) is 13.9. The van der Waals surface area contributed by atoms with Crippen molar-refractivity contribution in [1.29, 1.82) is 0 Å². The van der Waals surface area contributed by atoms with Gasteiger partial charge in [-0.15, -0.1) is 0 Å². The maximum atomic E-state index is 12.0. The third kappa shape index (κ3) is 7.93. The lowest BCUT2D eigenvalue weighted by molar-refractivity contribution is -0.122. The van der Waals surface area contributed by atoms with Gasteiger partial charge in [-0.1, -0.05) is 32.1 Å². The van der Waals surface area contributed by atoms with Crippen LogP contribution in [0.4, 0.5) is 4.79 Å². The minimum absolute atomic E-state index is 0.0470. The molecule has 1 saturated carbocycles. The number of nitrogens with one attached hydrogen (secondary N) is 1. The molecule has 5 nitrogen and oxygen atoms in total. The van der Waals surface area contributed by atoms with Gasteiger partial charge in [0.15, 0.2) is 0 Å². The summed E-state index contributed by atoms with van der Waals surface area (Å²) in [5.74, 6) is -0.103. The Morgan fingerprint density at radius 3 is 2.14 bits per heavy atom. The summed E-state index contributed by atoms with van der Waals surface area (Å²) in [5.41, 5.74) is -0.540. The predicted octanol–water partition coefficient (Wildman–Crippen LogP) is 3.08. The van der Waals surface area contributed by atoms with E-state index in [1.165, 1.54) is 37.0 Å². The fraction of sp³-hybridized carbons (Fsp3) is 0.875. The second-order valence-electron chi connectivity index (χ2n) is 6.95. The largest absolute Gasteiger partial charge is 0.444 e. The molecular formula is C16H30N2O3. The van der Waals surface area contributed by atoms with Crippen LogP contribution in [0.15, 0.2) is 0 Å². The van der Waals surface area contributed by atoms with Crippen LogP contribution in [0.1, 0.15) is 65.7 Å². The Labute approximate surface area is 128 Å². The van der Waals surface area contributed by atoms with Crippen LogP contribution in [-0.4, -0.2) is 42.1 Å². The van der Waals surface area contributed by atoms with Crippen molar-refractivity contribution in [3.63, 3.8) is 0 Å². The van der Waals surface area contributed by atoms with Gasteiger partial charge in [0.05, 0.1) is 0 Å². The number of nitrogens with zero attached hydrogens (tertiary/aromatic N) is 1. The van der Waals surface area contributed by atoms with Crippen LogP contribution in [0, 0.1) is 0 Å². The molecule has 0 radical (unpaired) electrons. The van der Waals surface area contributed by atoms with Gasteiger partial charge in [0.25, 0.3) is 0 Å². The number of rotatable bonds is 3. The fourth-order valence-corrected chi connectivity index (χ4v) is 2.49. The second kappa shape index (κ2) is 8.25. The summed E-state index contributed by atoms with van der Waals surface area (Å²) in [6.45, 7) is 5.49. The van der Waals surface area contributed by atoms with Gasteiger partial charge in [0.2, 0.25) is 5.91 Å². The van der Waals surface area contributed by atoms with Crippen molar-refractivity contribution in [1.82, 2.24) is 10.2 Å². The highest BCUT2D eigenvalue weighted by Crippen LogP contribution is 2.17. The molecule has 5 heteroatoms. The standard InChI is InChI=1S/C16H30N2O3/c1-16(2,3)21-15(20)18(4)12-14(19)17-13-10-8-6-5-7-9-11-13/h13H,5-12H2,1-4H3,(H,17,19). The molecule has 0 aromatic carbocycles. The van der Waals surface area contributed by atoms with Crippen molar-refractivity contribution in [2.75, 3.05) is 13.6 Å². The van der Waals surface area contributed by atoms with Gasteiger partial charge in [-0.25, -0.2) is 4.79 Å². The molecule has 1 aliphatic carbocycles. The quantitative estimate of drug-likeness (QED) is 0.871. The molecule has 1 fully saturated rings. The van der Waals surface area contributed by atoms with Crippen molar-refractivity contribution in [3.05, 3.63) is 0 Å². The number of hydrogen-bond acceptors (Lipinski definition) is 3. The van der Waals surface area contributed by atoms with E-state index in [0.29, 0.717) is 0 Å². The summed E-state index contributed by atoms with van der Waals surface area (Å²) >= 11 is 0. The average molecular weight is 298 g/mol. The van der Waals surface area contributed by atoms with Crippen molar-refractivity contribution < 1.29 is 14.3 Å². The van der Waals surface area contributed by atoms with Crippen LogP contribution in [0.2, 0.25) is 0 Å². The lowest BCUT2D eigenvalue weighted by Gasteiger charge is -2.25. The summed E-state index contributed by atoms with van der Waals surface area (Å²) < 4.78 is 5.23. The lowest BCUT2D eigenvalue weighted by atomic mass is 9.97. The van der Waals surface area contributed by atoms with Crippen LogP contribution < -0.4 is 5.32 Å². The van der Waals surface area contributed by atoms with Gasteiger partial charge in [0, 0.05) is 13.1 Å². The van der Waals surface area contributed by atoms with Gasteiger partial charge < -0.3 is 15.0 Å². The molecule has 0 atom stereocenters. The lowest BCUT2D eigenvalue weighted by Crippen LogP contribution is -2.44. The molecule has 0 spiro atoms. The first kappa shape index (κ1) is 17.8. The molecule has 0 unspecified atom stereocenters. The number of ether oxygens (including phenoxy) is 1. The maximum Gasteiger partial charge on any atom is 0.410 e. The predicted molar refractivity (Wildman–Crippen MR) is 83.1 cm³/mol. The Bertz CT molecular complexity index is 342. The molecule has 122 valence electrons. The first-order valence-electron chi connectivity index (χ1n) is 8.01. The van der Waals surface area contributed by atoms with Crippen LogP contribution in [0.3, 0.4) is 0 Å². The summed E-state index contributed by atoms with van der Waals surface area (Å²) in [5, 5.41) is 3.05. The van der Waals surface area contributed by atoms with Crippen LogP contribution in [0.25, 0.3) is 0 Å². The molecule has 0 saturated heterocycles. The zero-order chi connectivity index (χ0) is 15.9. The maximum absolute atomic E-state index is 12.0. The summed E-state index contributed by atoms with van der Waals surface area (Å²) in [4.78, 5) is 25.2. The fourth-order valence-electron chi connectivity index (χ4n) is 2.49. The normalized spacial score (nSPS) is 17.5. The van der Waals surface area contributed by atoms with Crippen LogP contribution in [0.5, 0.6) is 0 Å². The highest BCUT2D eigenvalue weighted by atomic mass is 16.6. The Morgan fingerprint density at radius 1 is 1.10 bits per heavy atom. The van der Waals surface area contributed by atoms with Crippen LogP contribution >= 0.6 is 0 Å². The molecule has 1 rings (SSSR count). The monoisotopic (exact) mass is 298 g/mol. The molecule has 21 heavy (non-hydrogen) atoms. The van der Waals surface area contributed by atoms with E-state index in [9.17, 15) is 9.59 Å². The Morgan fingerprint density at radius 2 is 1.62 bits per heavy atom. The summed E-state index contributed by atoms with van der Waals surface area (Å²) in [6, 6.07) is 0.254. The molecule has 0 aromatic rings. The van der Waals surface area contributed by atoms with Gasteiger partial charge in [-0.3, -0.25) is 4.79 Å². The summed E-state index contributed by atoms with van der Waals surface area (Å²) in [6.07, 6.45) is 7.79. The molecule has 1 N–H and O–H groups in total. The average Bonchev–Trinajstić information content (AvgIpc) is 2.30. The van der Waals surface area contributed by atoms with Gasteiger partial charge in [-0.2, -0.15) is 0 Å². The zero-order valence-corrected chi connectivity index (χ0v) is 13.9. The minimum atomic E-state index is -0.540. The Balaban J connectivity index is 2.35. The first-order valence-corrected chi connectivity index (χ1v) is 8.01. The van der Waals surface area contributed by atoms with Crippen molar-refractivity contribution in [3.8, 4) is 0 Å². The smallest absolute Gasteiger partial charge is 0.410 e. The van der Waals surface area contributed by atoms with Gasteiger partial charge in [0.1, 0.15) is 12.1 Å². The van der Waals surface area contributed by atoms with Crippen molar-refractivity contribution >= 4 is 12.0 Å².